The molecule has 1 aromatic carbocycles. The van der Waals surface area contributed by atoms with Gasteiger partial charge in [0.2, 0.25) is 10.0 Å². The second-order valence-corrected chi connectivity index (χ2v) is 7.36. The lowest BCUT2D eigenvalue weighted by Gasteiger charge is -2.13. The van der Waals surface area contributed by atoms with Crippen molar-refractivity contribution in [3.05, 3.63) is 29.3 Å². The van der Waals surface area contributed by atoms with Crippen LogP contribution in [0.15, 0.2) is 23.1 Å². The summed E-state index contributed by atoms with van der Waals surface area (Å²) in [5.41, 5.74) is 1.81. The average molecular weight is 385 g/mol. The quantitative estimate of drug-likeness (QED) is 0.581. The lowest BCUT2D eigenvalue weighted by Crippen LogP contribution is -2.43. The molecule has 0 unspecified atom stereocenters. The Bertz CT molecular complexity index is 791. The van der Waals surface area contributed by atoms with E-state index in [1.54, 1.807) is 19.1 Å². The van der Waals surface area contributed by atoms with Gasteiger partial charge in [-0.25, -0.2) is 17.9 Å². The molecule has 0 aliphatic heterocycles. The number of rotatable bonds is 7. The van der Waals surface area contributed by atoms with Crippen molar-refractivity contribution in [3.63, 3.8) is 0 Å². The van der Waals surface area contributed by atoms with Crippen molar-refractivity contribution in [1.82, 2.24) is 15.4 Å². The van der Waals surface area contributed by atoms with Gasteiger partial charge in [0.1, 0.15) is 0 Å². The number of carbonyl (C=O) groups excluding carboxylic acids is 3. The summed E-state index contributed by atoms with van der Waals surface area (Å²) in [5.74, 6) is -1.55. The summed E-state index contributed by atoms with van der Waals surface area (Å²) >= 11 is 0. The molecule has 0 aliphatic carbocycles. The molecule has 1 aromatic rings. The number of aryl methyl sites for hydroxylation is 2. The van der Waals surface area contributed by atoms with E-state index in [2.05, 4.69) is 10.0 Å². The smallest absolute Gasteiger partial charge is 0.321 e. The Labute approximate surface area is 152 Å². The second-order valence-electron chi connectivity index (χ2n) is 5.59. The molecular weight excluding hydrogens is 362 g/mol. The summed E-state index contributed by atoms with van der Waals surface area (Å²) < 4.78 is 31.5. The Hall–Kier alpha value is -2.46. The number of amides is 3. The van der Waals surface area contributed by atoms with E-state index in [1.165, 1.54) is 20.0 Å². The molecule has 26 heavy (non-hydrogen) atoms. The van der Waals surface area contributed by atoms with Gasteiger partial charge in [-0.05, 0) is 44.0 Å². The minimum Gasteiger partial charge on any atom is -0.452 e. The van der Waals surface area contributed by atoms with E-state index in [1.807, 2.05) is 12.2 Å². The molecule has 0 saturated heterocycles. The van der Waals surface area contributed by atoms with Crippen molar-refractivity contribution < 1.29 is 27.5 Å². The number of nitrogens with one attached hydrogen (secondary N) is 3. The van der Waals surface area contributed by atoms with E-state index in [-0.39, 0.29) is 17.9 Å². The molecule has 3 amide bonds. The van der Waals surface area contributed by atoms with Crippen LogP contribution in [0.25, 0.3) is 0 Å². The molecule has 3 N–H and O–H groups in total. The average Bonchev–Trinajstić information content (AvgIpc) is 2.56. The number of ether oxygens (including phenoxy) is 1. The molecule has 144 valence electrons. The zero-order valence-corrected chi connectivity index (χ0v) is 15.9. The Balaban J connectivity index is 2.51. The van der Waals surface area contributed by atoms with Crippen LogP contribution in [0, 0.1) is 13.8 Å². The van der Waals surface area contributed by atoms with E-state index in [4.69, 9.17) is 4.74 Å². The predicted molar refractivity (Wildman–Crippen MR) is 93.9 cm³/mol. The van der Waals surface area contributed by atoms with Crippen molar-refractivity contribution >= 4 is 27.9 Å². The SMILES string of the molecule is CNC(=O)NC(=O)[C@H](C)OC(=O)CCNS(=O)(=O)c1ccc(C)c(C)c1. The highest BCUT2D eigenvalue weighted by atomic mass is 32.2. The summed E-state index contributed by atoms with van der Waals surface area (Å²) in [5, 5.41) is 4.16. The van der Waals surface area contributed by atoms with Crippen LogP contribution in [0.1, 0.15) is 24.5 Å². The Kier molecular flexibility index (Phi) is 7.72. The maximum absolute atomic E-state index is 12.2. The highest BCUT2D eigenvalue weighted by Crippen LogP contribution is 2.14. The summed E-state index contributed by atoms with van der Waals surface area (Å²) in [6, 6.07) is 4.00. The van der Waals surface area contributed by atoms with Crippen molar-refractivity contribution in [2.45, 2.75) is 38.2 Å². The highest BCUT2D eigenvalue weighted by molar-refractivity contribution is 7.89. The molecule has 0 fully saturated rings. The minimum absolute atomic E-state index is 0.104. The fraction of sp³-hybridized carbons (Fsp3) is 0.438. The Morgan fingerprint density at radius 3 is 2.38 bits per heavy atom. The van der Waals surface area contributed by atoms with Crippen LogP contribution in [0.3, 0.4) is 0 Å². The summed E-state index contributed by atoms with van der Waals surface area (Å²) in [4.78, 5) is 34.4. The maximum atomic E-state index is 12.2. The van der Waals surface area contributed by atoms with Gasteiger partial charge in [-0.1, -0.05) is 6.07 Å². The monoisotopic (exact) mass is 385 g/mol. The van der Waals surface area contributed by atoms with E-state index in [0.717, 1.165) is 11.1 Å². The number of hydrogen-bond donors (Lipinski definition) is 3. The maximum Gasteiger partial charge on any atom is 0.321 e. The van der Waals surface area contributed by atoms with Gasteiger partial charge in [0.25, 0.3) is 5.91 Å². The van der Waals surface area contributed by atoms with Crippen LogP contribution < -0.4 is 15.4 Å². The molecule has 10 heteroatoms. The molecule has 0 heterocycles. The van der Waals surface area contributed by atoms with Crippen LogP contribution in [0.4, 0.5) is 4.79 Å². The lowest BCUT2D eigenvalue weighted by molar-refractivity contribution is -0.154. The van der Waals surface area contributed by atoms with E-state index in [0.29, 0.717) is 0 Å². The van der Waals surface area contributed by atoms with Gasteiger partial charge in [-0.2, -0.15) is 0 Å². The molecule has 0 bridgehead atoms. The fourth-order valence-corrected chi connectivity index (χ4v) is 2.95. The van der Waals surface area contributed by atoms with Crippen LogP contribution in [0.5, 0.6) is 0 Å². The molecule has 0 aromatic heterocycles. The van der Waals surface area contributed by atoms with Crippen LogP contribution >= 0.6 is 0 Å². The number of hydrogen-bond acceptors (Lipinski definition) is 6. The molecular formula is C16H23N3O6S. The van der Waals surface area contributed by atoms with E-state index in [9.17, 15) is 22.8 Å². The molecule has 0 spiro atoms. The van der Waals surface area contributed by atoms with Crippen LogP contribution in [0.2, 0.25) is 0 Å². The third-order valence-electron chi connectivity index (χ3n) is 3.55. The number of imide groups is 1. The first-order valence-corrected chi connectivity index (χ1v) is 9.34. The fourth-order valence-electron chi connectivity index (χ4n) is 1.84. The van der Waals surface area contributed by atoms with Gasteiger partial charge in [0, 0.05) is 13.6 Å². The van der Waals surface area contributed by atoms with Crippen LogP contribution in [-0.2, 0) is 24.3 Å². The highest BCUT2D eigenvalue weighted by Gasteiger charge is 2.20. The number of sulfonamides is 1. The van der Waals surface area contributed by atoms with Gasteiger partial charge in [0.05, 0.1) is 11.3 Å². The molecule has 1 atom stereocenters. The van der Waals surface area contributed by atoms with Gasteiger partial charge in [0.15, 0.2) is 6.10 Å². The number of benzene rings is 1. The number of urea groups is 1. The van der Waals surface area contributed by atoms with Crippen molar-refractivity contribution in [3.8, 4) is 0 Å². The normalized spacial score (nSPS) is 12.2. The third kappa shape index (κ3) is 6.45. The first-order chi connectivity index (χ1) is 12.1. The van der Waals surface area contributed by atoms with Gasteiger partial charge < -0.3 is 10.1 Å². The zero-order chi connectivity index (χ0) is 19.9. The summed E-state index contributed by atoms with van der Waals surface area (Å²) in [6.07, 6.45) is -1.45. The second kappa shape index (κ2) is 9.30. The van der Waals surface area contributed by atoms with Crippen LogP contribution in [-0.4, -0.2) is 46.0 Å². The Morgan fingerprint density at radius 2 is 1.81 bits per heavy atom. The van der Waals surface area contributed by atoms with Crippen molar-refractivity contribution in [1.29, 1.82) is 0 Å². The first kappa shape index (κ1) is 21.6. The third-order valence-corrected chi connectivity index (χ3v) is 5.01. The summed E-state index contributed by atoms with van der Waals surface area (Å²) in [6.45, 7) is 4.79. The van der Waals surface area contributed by atoms with Gasteiger partial charge in [-0.3, -0.25) is 14.9 Å². The predicted octanol–water partition coefficient (Wildman–Crippen LogP) is 0.359. The largest absolute Gasteiger partial charge is 0.452 e. The molecule has 0 aliphatic rings. The lowest BCUT2D eigenvalue weighted by atomic mass is 10.1. The van der Waals surface area contributed by atoms with Crippen molar-refractivity contribution in [2.75, 3.05) is 13.6 Å². The number of esters is 1. The topological polar surface area (TPSA) is 131 Å². The molecule has 0 saturated carbocycles. The first-order valence-electron chi connectivity index (χ1n) is 7.85. The van der Waals surface area contributed by atoms with Crippen molar-refractivity contribution in [2.24, 2.45) is 0 Å². The zero-order valence-electron chi connectivity index (χ0n) is 15.1. The molecule has 9 nitrogen and oxygen atoms in total. The van der Waals surface area contributed by atoms with Gasteiger partial charge >= 0.3 is 12.0 Å². The van der Waals surface area contributed by atoms with Gasteiger partial charge in [-0.15, -0.1) is 0 Å². The van der Waals surface area contributed by atoms with E-state index < -0.39 is 34.0 Å². The summed E-state index contributed by atoms with van der Waals surface area (Å²) in [7, 11) is -2.42. The minimum atomic E-state index is -3.75. The number of carbonyl (C=O) groups is 3. The Morgan fingerprint density at radius 1 is 1.15 bits per heavy atom. The van der Waals surface area contributed by atoms with E-state index >= 15 is 0 Å². The standard InChI is InChI=1S/C16H23N3O6S/c1-10-5-6-13(9-11(10)2)26(23,24)18-8-7-14(20)25-12(3)15(21)19-16(22)17-4/h5-6,9,12,18H,7-8H2,1-4H3,(H2,17,19,21,22)/t12-/m0/s1. The molecule has 1 rings (SSSR count). The molecule has 0 radical (unpaired) electrons.